The Labute approximate surface area is 119 Å². The Morgan fingerprint density at radius 3 is 2.63 bits per heavy atom. The van der Waals surface area contributed by atoms with Gasteiger partial charge in [-0.1, -0.05) is 18.9 Å². The fourth-order valence-electron chi connectivity index (χ4n) is 2.58. The average Bonchev–Trinajstić information content (AvgIpc) is 2.88. The SMILES string of the molecule is CN(C)c1cccc(C(=O)NC2(CCl)CCCC2)c1. The zero-order valence-electron chi connectivity index (χ0n) is 11.6. The van der Waals surface area contributed by atoms with Gasteiger partial charge in [0, 0.05) is 31.2 Å². The number of hydrogen-bond donors (Lipinski definition) is 1. The van der Waals surface area contributed by atoms with Crippen molar-refractivity contribution in [2.75, 3.05) is 24.9 Å². The average molecular weight is 281 g/mol. The fraction of sp³-hybridized carbons (Fsp3) is 0.533. The van der Waals surface area contributed by atoms with E-state index < -0.39 is 0 Å². The van der Waals surface area contributed by atoms with Gasteiger partial charge in [0.2, 0.25) is 0 Å². The van der Waals surface area contributed by atoms with E-state index in [0.717, 1.165) is 31.4 Å². The van der Waals surface area contributed by atoms with Crippen LogP contribution in [0.4, 0.5) is 5.69 Å². The highest BCUT2D eigenvalue weighted by Gasteiger charge is 2.34. The molecule has 0 radical (unpaired) electrons. The molecule has 1 aromatic carbocycles. The van der Waals surface area contributed by atoms with Crippen LogP contribution in [0, 0.1) is 0 Å². The largest absolute Gasteiger partial charge is 0.378 e. The quantitative estimate of drug-likeness (QED) is 0.860. The monoisotopic (exact) mass is 280 g/mol. The predicted molar refractivity (Wildman–Crippen MR) is 80.2 cm³/mol. The van der Waals surface area contributed by atoms with Crippen LogP contribution >= 0.6 is 11.6 Å². The van der Waals surface area contributed by atoms with Gasteiger partial charge < -0.3 is 10.2 Å². The minimum atomic E-state index is -0.202. The number of hydrogen-bond acceptors (Lipinski definition) is 2. The minimum absolute atomic E-state index is 0.0220. The second kappa shape index (κ2) is 5.83. The van der Waals surface area contributed by atoms with Gasteiger partial charge in [0.25, 0.3) is 5.91 Å². The molecule has 2 rings (SSSR count). The molecule has 0 atom stereocenters. The molecule has 1 aliphatic carbocycles. The number of benzene rings is 1. The van der Waals surface area contributed by atoms with E-state index in [2.05, 4.69) is 5.32 Å². The molecule has 4 heteroatoms. The van der Waals surface area contributed by atoms with Gasteiger partial charge in [-0.25, -0.2) is 0 Å². The first-order chi connectivity index (χ1) is 9.06. The number of carbonyl (C=O) groups excluding carboxylic acids is 1. The molecule has 0 aliphatic heterocycles. The standard InChI is InChI=1S/C15H21ClN2O/c1-18(2)13-7-5-6-12(10-13)14(19)17-15(11-16)8-3-4-9-15/h5-7,10H,3-4,8-9,11H2,1-2H3,(H,17,19). The van der Waals surface area contributed by atoms with Crippen LogP contribution in [0.5, 0.6) is 0 Å². The Bertz CT molecular complexity index is 453. The van der Waals surface area contributed by atoms with Crippen molar-refractivity contribution in [3.05, 3.63) is 29.8 Å². The summed E-state index contributed by atoms with van der Waals surface area (Å²) in [5.41, 5.74) is 1.52. The number of anilines is 1. The Kier molecular flexibility index (Phi) is 4.35. The molecule has 1 aromatic rings. The maximum absolute atomic E-state index is 12.4. The van der Waals surface area contributed by atoms with Crippen LogP contribution in [0.1, 0.15) is 36.0 Å². The molecule has 104 valence electrons. The lowest BCUT2D eigenvalue weighted by molar-refractivity contribution is 0.0909. The highest BCUT2D eigenvalue weighted by Crippen LogP contribution is 2.31. The van der Waals surface area contributed by atoms with Crippen LogP contribution in [0.2, 0.25) is 0 Å². The molecule has 0 bridgehead atoms. The zero-order chi connectivity index (χ0) is 13.9. The zero-order valence-corrected chi connectivity index (χ0v) is 12.3. The van der Waals surface area contributed by atoms with E-state index in [9.17, 15) is 4.79 Å². The molecule has 1 aliphatic rings. The number of alkyl halides is 1. The van der Waals surface area contributed by atoms with Gasteiger partial charge in [0.1, 0.15) is 0 Å². The number of carbonyl (C=O) groups is 1. The second-order valence-electron chi connectivity index (χ2n) is 5.52. The molecule has 0 unspecified atom stereocenters. The summed E-state index contributed by atoms with van der Waals surface area (Å²) in [5, 5.41) is 3.14. The van der Waals surface area contributed by atoms with Crippen LogP contribution in [0.15, 0.2) is 24.3 Å². The fourth-order valence-corrected chi connectivity index (χ4v) is 2.92. The van der Waals surface area contributed by atoms with Crippen molar-refractivity contribution in [2.45, 2.75) is 31.2 Å². The summed E-state index contributed by atoms with van der Waals surface area (Å²) >= 11 is 6.05. The van der Waals surface area contributed by atoms with Crippen LogP contribution in [-0.2, 0) is 0 Å². The smallest absolute Gasteiger partial charge is 0.251 e. The summed E-state index contributed by atoms with van der Waals surface area (Å²) in [5.74, 6) is 0.470. The van der Waals surface area contributed by atoms with Crippen molar-refractivity contribution in [1.29, 1.82) is 0 Å². The first-order valence-corrected chi connectivity index (χ1v) is 7.26. The summed E-state index contributed by atoms with van der Waals surface area (Å²) in [4.78, 5) is 14.3. The third kappa shape index (κ3) is 3.21. The molecule has 0 aromatic heterocycles. The lowest BCUT2D eigenvalue weighted by atomic mass is 9.99. The van der Waals surface area contributed by atoms with Crippen molar-refractivity contribution in [1.82, 2.24) is 5.32 Å². The Morgan fingerprint density at radius 2 is 2.05 bits per heavy atom. The third-order valence-corrected chi connectivity index (χ3v) is 4.33. The third-order valence-electron chi connectivity index (χ3n) is 3.82. The predicted octanol–water partition coefficient (Wildman–Crippen LogP) is 3.03. The highest BCUT2D eigenvalue weighted by atomic mass is 35.5. The molecule has 0 heterocycles. The van der Waals surface area contributed by atoms with E-state index >= 15 is 0 Å². The molecule has 0 saturated heterocycles. The van der Waals surface area contributed by atoms with E-state index in [1.807, 2.05) is 43.3 Å². The minimum Gasteiger partial charge on any atom is -0.378 e. The number of amides is 1. The second-order valence-corrected chi connectivity index (χ2v) is 5.79. The van der Waals surface area contributed by atoms with Crippen LogP contribution in [0.3, 0.4) is 0 Å². The number of nitrogens with zero attached hydrogens (tertiary/aromatic N) is 1. The number of rotatable bonds is 4. The van der Waals surface area contributed by atoms with Gasteiger partial charge in [-0.2, -0.15) is 0 Å². The molecule has 1 N–H and O–H groups in total. The molecule has 1 fully saturated rings. The number of halogens is 1. The van der Waals surface area contributed by atoms with Gasteiger partial charge in [-0.05, 0) is 31.0 Å². The molecule has 19 heavy (non-hydrogen) atoms. The van der Waals surface area contributed by atoms with Crippen LogP contribution in [-0.4, -0.2) is 31.4 Å². The molecular weight excluding hydrogens is 260 g/mol. The van der Waals surface area contributed by atoms with Crippen molar-refractivity contribution in [2.24, 2.45) is 0 Å². The molecule has 1 amide bonds. The van der Waals surface area contributed by atoms with Crippen molar-refractivity contribution in [3.8, 4) is 0 Å². The summed E-state index contributed by atoms with van der Waals surface area (Å²) in [6, 6.07) is 7.65. The van der Waals surface area contributed by atoms with E-state index in [1.165, 1.54) is 0 Å². The maximum Gasteiger partial charge on any atom is 0.251 e. The lowest BCUT2D eigenvalue weighted by Gasteiger charge is -2.28. The topological polar surface area (TPSA) is 32.3 Å². The maximum atomic E-state index is 12.4. The Morgan fingerprint density at radius 1 is 1.37 bits per heavy atom. The first kappa shape index (κ1) is 14.2. The van der Waals surface area contributed by atoms with Gasteiger partial charge >= 0.3 is 0 Å². The summed E-state index contributed by atoms with van der Waals surface area (Å²) in [6.45, 7) is 0. The van der Waals surface area contributed by atoms with E-state index in [1.54, 1.807) is 0 Å². The van der Waals surface area contributed by atoms with Crippen molar-refractivity contribution < 1.29 is 4.79 Å². The highest BCUT2D eigenvalue weighted by molar-refractivity contribution is 6.19. The van der Waals surface area contributed by atoms with E-state index in [-0.39, 0.29) is 11.4 Å². The van der Waals surface area contributed by atoms with Crippen molar-refractivity contribution >= 4 is 23.2 Å². The van der Waals surface area contributed by atoms with Crippen LogP contribution in [0.25, 0.3) is 0 Å². The summed E-state index contributed by atoms with van der Waals surface area (Å²) in [7, 11) is 3.93. The molecular formula is C15H21ClN2O. The van der Waals surface area contributed by atoms with Gasteiger partial charge in [-0.15, -0.1) is 11.6 Å². The van der Waals surface area contributed by atoms with Crippen molar-refractivity contribution in [3.63, 3.8) is 0 Å². The first-order valence-electron chi connectivity index (χ1n) is 6.72. The number of nitrogens with one attached hydrogen (secondary N) is 1. The molecule has 3 nitrogen and oxygen atoms in total. The van der Waals surface area contributed by atoms with Crippen LogP contribution < -0.4 is 10.2 Å². The Hall–Kier alpha value is -1.22. The van der Waals surface area contributed by atoms with Gasteiger partial charge in [0.15, 0.2) is 0 Å². The van der Waals surface area contributed by atoms with E-state index in [0.29, 0.717) is 11.4 Å². The van der Waals surface area contributed by atoms with Gasteiger partial charge in [0.05, 0.1) is 5.54 Å². The lowest BCUT2D eigenvalue weighted by Crippen LogP contribution is -2.47. The normalized spacial score (nSPS) is 17.2. The van der Waals surface area contributed by atoms with Gasteiger partial charge in [-0.3, -0.25) is 4.79 Å². The van der Waals surface area contributed by atoms with E-state index in [4.69, 9.17) is 11.6 Å². The Balaban J connectivity index is 2.13. The molecule has 1 saturated carbocycles. The molecule has 0 spiro atoms. The summed E-state index contributed by atoms with van der Waals surface area (Å²) < 4.78 is 0. The summed E-state index contributed by atoms with van der Waals surface area (Å²) in [6.07, 6.45) is 4.25.